The molecular weight excluding hydrogens is 341 g/mol. The molecule has 0 spiro atoms. The van der Waals surface area contributed by atoms with Crippen molar-refractivity contribution >= 4 is 35.1 Å². The third-order valence-electron chi connectivity index (χ3n) is 4.65. The Kier molecular flexibility index (Phi) is 6.16. The van der Waals surface area contributed by atoms with Crippen LogP contribution in [0.4, 0.5) is 0 Å². The van der Waals surface area contributed by atoms with Crippen molar-refractivity contribution in [1.82, 2.24) is 4.90 Å². The van der Waals surface area contributed by atoms with Crippen molar-refractivity contribution in [2.45, 2.75) is 51.3 Å². The van der Waals surface area contributed by atoms with Crippen molar-refractivity contribution < 1.29 is 19.8 Å². The number of allylic oxidation sites excluding steroid dienone is 2. The zero-order valence-electron chi connectivity index (χ0n) is 14.0. The number of alkyl halides is 2. The van der Waals surface area contributed by atoms with Crippen molar-refractivity contribution in [3.8, 4) is 0 Å². The van der Waals surface area contributed by atoms with E-state index in [2.05, 4.69) is 0 Å². The van der Waals surface area contributed by atoms with Crippen molar-refractivity contribution in [1.29, 1.82) is 0 Å². The molecule has 23 heavy (non-hydrogen) atoms. The molecule has 1 rings (SSSR count). The van der Waals surface area contributed by atoms with Crippen LogP contribution in [-0.2, 0) is 9.59 Å². The quantitative estimate of drug-likeness (QED) is 0.703. The van der Waals surface area contributed by atoms with E-state index >= 15 is 0 Å². The van der Waals surface area contributed by atoms with Crippen molar-refractivity contribution in [3.63, 3.8) is 0 Å². The van der Waals surface area contributed by atoms with Gasteiger partial charge < -0.3 is 15.1 Å². The van der Waals surface area contributed by atoms with Gasteiger partial charge in [-0.15, -0.1) is 23.2 Å². The van der Waals surface area contributed by atoms with E-state index in [1.807, 2.05) is 6.92 Å². The van der Waals surface area contributed by atoms with Crippen LogP contribution < -0.4 is 0 Å². The molecule has 1 aliphatic heterocycles. The number of rotatable bonds is 6. The second kappa shape index (κ2) is 7.14. The van der Waals surface area contributed by atoms with Crippen LogP contribution >= 0.6 is 23.2 Å². The van der Waals surface area contributed by atoms with E-state index in [9.17, 15) is 19.8 Å². The van der Waals surface area contributed by atoms with Gasteiger partial charge in [-0.25, -0.2) is 9.59 Å². The second-order valence-electron chi connectivity index (χ2n) is 6.07. The first kappa shape index (κ1) is 19.8. The Hall–Kier alpha value is -1.20. The van der Waals surface area contributed by atoms with Crippen LogP contribution in [0.15, 0.2) is 22.5 Å². The Morgan fingerprint density at radius 2 is 1.48 bits per heavy atom. The summed E-state index contributed by atoms with van der Waals surface area (Å²) in [5, 5.41) is 18.5. The normalized spacial score (nSPS) is 20.6. The number of hydrogen-bond acceptors (Lipinski definition) is 3. The van der Waals surface area contributed by atoms with Crippen LogP contribution in [0.1, 0.15) is 40.5 Å². The molecule has 2 N–H and O–H groups in total. The molecule has 0 aromatic carbocycles. The third kappa shape index (κ3) is 3.50. The summed E-state index contributed by atoms with van der Waals surface area (Å²) in [5.41, 5.74) is -0.0993. The van der Waals surface area contributed by atoms with Gasteiger partial charge in [0.15, 0.2) is 0 Å². The number of halogens is 2. The molecule has 2 atom stereocenters. The minimum Gasteiger partial charge on any atom is -0.478 e. The van der Waals surface area contributed by atoms with E-state index in [-0.39, 0.29) is 22.9 Å². The molecule has 2 unspecified atom stereocenters. The number of carboxylic acid groups (broad SMARTS) is 2. The van der Waals surface area contributed by atoms with Crippen molar-refractivity contribution in [2.75, 3.05) is 7.05 Å². The first-order valence-electron chi connectivity index (χ1n) is 7.40. The molecule has 7 heteroatoms. The smallest absolute Gasteiger partial charge is 0.334 e. The molecule has 0 bridgehead atoms. The fourth-order valence-corrected chi connectivity index (χ4v) is 3.85. The SMILES string of the molecule is CCC(Cl)C(Cl)CC1(C)C(C(=O)O)=C(C)N(C)C(C)=C1C(=O)O. The number of aliphatic carboxylic acids is 2. The first-order chi connectivity index (χ1) is 10.5. The van der Waals surface area contributed by atoms with E-state index in [1.54, 1.807) is 32.7 Å². The maximum atomic E-state index is 11.8. The highest BCUT2D eigenvalue weighted by molar-refractivity contribution is 6.30. The number of carboxylic acids is 2. The lowest BCUT2D eigenvalue weighted by Crippen LogP contribution is -2.42. The van der Waals surface area contributed by atoms with Gasteiger partial charge in [0.25, 0.3) is 0 Å². The third-order valence-corrected chi connectivity index (χ3v) is 5.85. The summed E-state index contributed by atoms with van der Waals surface area (Å²) in [4.78, 5) is 25.3. The molecule has 130 valence electrons. The van der Waals surface area contributed by atoms with Gasteiger partial charge >= 0.3 is 11.9 Å². The molecule has 5 nitrogen and oxygen atoms in total. The zero-order valence-corrected chi connectivity index (χ0v) is 15.5. The molecule has 0 fully saturated rings. The summed E-state index contributed by atoms with van der Waals surface area (Å²) in [7, 11) is 1.66. The predicted molar refractivity (Wildman–Crippen MR) is 90.7 cm³/mol. The monoisotopic (exact) mass is 363 g/mol. The molecule has 0 aromatic heterocycles. The van der Waals surface area contributed by atoms with Gasteiger partial charge in [0.2, 0.25) is 0 Å². The lowest BCUT2D eigenvalue weighted by Gasteiger charge is -2.42. The summed E-state index contributed by atoms with van der Waals surface area (Å²) < 4.78 is 0. The summed E-state index contributed by atoms with van der Waals surface area (Å²) in [6.07, 6.45) is 0.754. The van der Waals surface area contributed by atoms with Crippen LogP contribution in [0, 0.1) is 5.41 Å². The molecule has 0 aromatic rings. The summed E-state index contributed by atoms with van der Waals surface area (Å²) >= 11 is 12.5. The van der Waals surface area contributed by atoms with Gasteiger partial charge in [-0.3, -0.25) is 0 Å². The average Bonchev–Trinajstić information content (AvgIpc) is 2.42. The van der Waals surface area contributed by atoms with Crippen LogP contribution in [0.2, 0.25) is 0 Å². The maximum Gasteiger partial charge on any atom is 0.334 e. The summed E-state index contributed by atoms with van der Waals surface area (Å²) in [5.74, 6) is -2.29. The fourth-order valence-electron chi connectivity index (χ4n) is 3.27. The van der Waals surface area contributed by atoms with Gasteiger partial charge in [0, 0.05) is 29.2 Å². The lowest BCUT2D eigenvalue weighted by atomic mass is 9.68. The Bertz CT molecular complexity index is 545. The molecular formula is C16H23Cl2NO4. The van der Waals surface area contributed by atoms with Gasteiger partial charge in [0.1, 0.15) is 0 Å². The van der Waals surface area contributed by atoms with E-state index in [0.29, 0.717) is 17.8 Å². The average molecular weight is 364 g/mol. The molecule has 0 aliphatic carbocycles. The second-order valence-corrected chi connectivity index (χ2v) is 7.19. The fraction of sp³-hybridized carbons (Fsp3) is 0.625. The Morgan fingerprint density at radius 3 is 1.78 bits per heavy atom. The molecule has 0 amide bonds. The van der Waals surface area contributed by atoms with Gasteiger partial charge in [0.05, 0.1) is 16.5 Å². The number of carbonyl (C=O) groups is 2. The zero-order chi connectivity index (χ0) is 18.1. The Labute approximate surface area is 146 Å². The maximum absolute atomic E-state index is 11.8. The highest BCUT2D eigenvalue weighted by Gasteiger charge is 2.48. The van der Waals surface area contributed by atoms with Crippen LogP contribution in [-0.4, -0.2) is 44.9 Å². The van der Waals surface area contributed by atoms with Gasteiger partial charge in [-0.05, 0) is 26.7 Å². The summed E-state index contributed by atoms with van der Waals surface area (Å²) in [6.45, 7) is 6.84. The molecule has 1 aliphatic rings. The van der Waals surface area contributed by atoms with E-state index in [0.717, 1.165) is 0 Å². The van der Waals surface area contributed by atoms with Crippen LogP contribution in [0.25, 0.3) is 0 Å². The molecule has 1 heterocycles. The molecule has 0 saturated heterocycles. The van der Waals surface area contributed by atoms with Gasteiger partial charge in [-0.1, -0.05) is 13.8 Å². The van der Waals surface area contributed by atoms with Crippen molar-refractivity contribution in [2.24, 2.45) is 5.41 Å². The minimum atomic E-state index is -1.22. The molecule has 0 saturated carbocycles. The number of nitrogens with zero attached hydrogens (tertiary/aromatic N) is 1. The molecule has 0 radical (unpaired) electrons. The van der Waals surface area contributed by atoms with E-state index in [4.69, 9.17) is 23.2 Å². The highest BCUT2D eigenvalue weighted by atomic mass is 35.5. The Balaban J connectivity index is 3.56. The first-order valence-corrected chi connectivity index (χ1v) is 8.27. The minimum absolute atomic E-state index is 0.0496. The largest absolute Gasteiger partial charge is 0.478 e. The number of hydrogen-bond donors (Lipinski definition) is 2. The Morgan fingerprint density at radius 1 is 1.09 bits per heavy atom. The highest BCUT2D eigenvalue weighted by Crippen LogP contribution is 2.48. The van der Waals surface area contributed by atoms with Gasteiger partial charge in [-0.2, -0.15) is 0 Å². The summed E-state index contributed by atoms with van der Waals surface area (Å²) in [6, 6.07) is 0. The van der Waals surface area contributed by atoms with E-state index < -0.39 is 22.7 Å². The standard InChI is InChI=1S/C16H23Cl2NO4/c1-6-10(17)11(18)7-16(4)12(14(20)21)8(2)19(5)9(3)13(16)15(22)23/h10-11H,6-7H2,1-5H3,(H,20,21)(H,22,23). The topological polar surface area (TPSA) is 77.8 Å². The lowest BCUT2D eigenvalue weighted by molar-refractivity contribution is -0.135. The van der Waals surface area contributed by atoms with E-state index in [1.165, 1.54) is 0 Å². The van der Waals surface area contributed by atoms with Crippen LogP contribution in [0.5, 0.6) is 0 Å². The van der Waals surface area contributed by atoms with Crippen molar-refractivity contribution in [3.05, 3.63) is 22.5 Å². The predicted octanol–water partition coefficient (Wildman–Crippen LogP) is 3.67. The van der Waals surface area contributed by atoms with Crippen LogP contribution in [0.3, 0.4) is 0 Å².